The quantitative estimate of drug-likeness (QED) is 0.823. The first-order valence-corrected chi connectivity index (χ1v) is 8.04. The Morgan fingerprint density at radius 2 is 2.23 bits per heavy atom. The van der Waals surface area contributed by atoms with Crippen LogP contribution in [0.1, 0.15) is 37.3 Å². The molecule has 4 atom stereocenters. The smallest absolute Gasteiger partial charge is 0.304 e. The monoisotopic (exact) mass is 298 g/mol. The van der Waals surface area contributed by atoms with Crippen molar-refractivity contribution in [1.29, 1.82) is 0 Å². The third-order valence-electron chi connectivity index (χ3n) is 5.49. The summed E-state index contributed by atoms with van der Waals surface area (Å²) in [7, 11) is 2.09. The molecule has 1 aliphatic heterocycles. The van der Waals surface area contributed by atoms with Gasteiger partial charge in [-0.2, -0.15) is 0 Å². The Morgan fingerprint density at radius 3 is 3.00 bits per heavy atom. The Balaban J connectivity index is 1.77. The number of nitrogens with zero attached hydrogens (tertiary/aromatic N) is 1. The second-order valence-electron chi connectivity index (χ2n) is 6.82. The molecule has 1 saturated heterocycles. The lowest BCUT2D eigenvalue weighted by molar-refractivity contribution is -0.165. The highest BCUT2D eigenvalue weighted by Gasteiger charge is 2.44. The zero-order valence-electron chi connectivity index (χ0n) is 13.3. The van der Waals surface area contributed by atoms with E-state index < -0.39 is 0 Å². The summed E-state index contributed by atoms with van der Waals surface area (Å²) >= 11 is 0. The fourth-order valence-corrected chi connectivity index (χ4v) is 4.53. The number of rotatable bonds is 1. The van der Waals surface area contributed by atoms with Crippen molar-refractivity contribution in [2.75, 3.05) is 7.05 Å². The number of nitrogens with one attached hydrogen (secondary N) is 1. The number of aromatic nitrogens is 1. The van der Waals surface area contributed by atoms with Gasteiger partial charge < -0.3 is 9.72 Å². The van der Waals surface area contributed by atoms with Crippen LogP contribution < -0.4 is 0 Å². The van der Waals surface area contributed by atoms with Crippen LogP contribution in [-0.2, 0) is 16.0 Å². The van der Waals surface area contributed by atoms with Crippen LogP contribution in [0.2, 0.25) is 0 Å². The Kier molecular flexibility index (Phi) is 3.05. The van der Waals surface area contributed by atoms with Gasteiger partial charge >= 0.3 is 5.97 Å². The average molecular weight is 298 g/mol. The first-order valence-electron chi connectivity index (χ1n) is 8.04. The third kappa shape index (κ3) is 1.90. The van der Waals surface area contributed by atoms with Crippen molar-refractivity contribution in [1.82, 2.24) is 9.88 Å². The number of carbonyl (C=O) groups excluding carboxylic acids is 1. The molecule has 0 amide bonds. The van der Waals surface area contributed by atoms with Gasteiger partial charge in [0.15, 0.2) is 6.23 Å². The van der Waals surface area contributed by atoms with Crippen LogP contribution in [0.25, 0.3) is 10.9 Å². The van der Waals surface area contributed by atoms with E-state index in [9.17, 15) is 4.79 Å². The van der Waals surface area contributed by atoms with E-state index in [1.807, 2.05) is 0 Å². The van der Waals surface area contributed by atoms with Crippen LogP contribution in [0.4, 0.5) is 0 Å². The topological polar surface area (TPSA) is 45.3 Å². The van der Waals surface area contributed by atoms with Crippen LogP contribution in [0.3, 0.4) is 0 Å². The molecule has 1 aromatic heterocycles. The van der Waals surface area contributed by atoms with Crippen LogP contribution in [0.5, 0.6) is 0 Å². The number of fused-ring (bicyclic) bond motifs is 2. The van der Waals surface area contributed by atoms with E-state index in [2.05, 4.69) is 48.3 Å². The van der Waals surface area contributed by atoms with Gasteiger partial charge in [-0.15, -0.1) is 0 Å². The summed E-state index contributed by atoms with van der Waals surface area (Å²) in [4.78, 5) is 17.0. The molecule has 0 bridgehead atoms. The molecule has 0 spiro atoms. The first-order chi connectivity index (χ1) is 10.6. The molecule has 2 aliphatic rings. The fraction of sp³-hybridized carbons (Fsp3) is 0.500. The maximum Gasteiger partial charge on any atom is 0.304 e. The number of esters is 1. The second-order valence-corrected chi connectivity index (χ2v) is 6.82. The Bertz CT molecular complexity index is 736. The van der Waals surface area contributed by atoms with Gasteiger partial charge in [-0.25, -0.2) is 0 Å². The maximum atomic E-state index is 11.4. The molecule has 1 aromatic carbocycles. The lowest BCUT2D eigenvalue weighted by atomic mass is 9.70. The first kappa shape index (κ1) is 13.8. The van der Waals surface area contributed by atoms with Crippen LogP contribution in [-0.4, -0.2) is 35.2 Å². The minimum Gasteiger partial charge on any atom is -0.447 e. The number of benzene rings is 1. The minimum absolute atomic E-state index is 0.103. The van der Waals surface area contributed by atoms with Crippen molar-refractivity contribution in [2.24, 2.45) is 5.92 Å². The van der Waals surface area contributed by atoms with Crippen molar-refractivity contribution in [3.05, 3.63) is 35.5 Å². The van der Waals surface area contributed by atoms with Gasteiger partial charge in [0.2, 0.25) is 0 Å². The zero-order valence-corrected chi connectivity index (χ0v) is 13.3. The van der Waals surface area contributed by atoms with Gasteiger partial charge in [0.1, 0.15) is 0 Å². The summed E-state index contributed by atoms with van der Waals surface area (Å²) in [6.45, 7) is 3.79. The number of ether oxygens (including phenoxy) is 1. The number of likely N-dealkylation sites (N-methyl/N-ethyl adjacent to an activating group) is 1. The van der Waals surface area contributed by atoms with E-state index in [4.69, 9.17) is 4.74 Å². The standard InChI is InChI=1S/C18H22N2O2/c1-10-7-16(22-11(2)21)20(3)15-8-12-9-19-14-6-4-5-13(17(10)15)18(12)14/h4-6,9-10,15-17,19H,7-8H2,1-3H3/t10?,15-,16?,17-/m1/s1. The Labute approximate surface area is 130 Å². The number of likely N-dealkylation sites (tertiary alicyclic amines) is 1. The molecule has 4 rings (SSSR count). The normalized spacial score (nSPS) is 31.0. The van der Waals surface area contributed by atoms with Crippen LogP contribution >= 0.6 is 0 Å². The number of hydrogen-bond donors (Lipinski definition) is 1. The summed E-state index contributed by atoms with van der Waals surface area (Å²) in [6.07, 6.45) is 3.94. The van der Waals surface area contributed by atoms with Crippen LogP contribution in [0, 0.1) is 5.92 Å². The summed E-state index contributed by atoms with van der Waals surface area (Å²) in [5.41, 5.74) is 4.07. The molecule has 4 nitrogen and oxygen atoms in total. The molecule has 1 aliphatic carbocycles. The molecular formula is C18H22N2O2. The predicted molar refractivity (Wildman–Crippen MR) is 85.6 cm³/mol. The molecular weight excluding hydrogens is 276 g/mol. The molecule has 116 valence electrons. The highest BCUT2D eigenvalue weighted by atomic mass is 16.6. The van der Waals surface area contributed by atoms with Gasteiger partial charge in [-0.1, -0.05) is 19.1 Å². The Hall–Kier alpha value is -1.81. The van der Waals surface area contributed by atoms with E-state index in [1.54, 1.807) is 0 Å². The van der Waals surface area contributed by atoms with Crippen LogP contribution in [0.15, 0.2) is 24.4 Å². The van der Waals surface area contributed by atoms with Crippen molar-refractivity contribution in [2.45, 2.75) is 44.9 Å². The highest BCUT2D eigenvalue weighted by molar-refractivity contribution is 5.88. The zero-order chi connectivity index (χ0) is 15.4. The van der Waals surface area contributed by atoms with E-state index in [1.165, 1.54) is 29.0 Å². The number of hydrogen-bond acceptors (Lipinski definition) is 3. The largest absolute Gasteiger partial charge is 0.447 e. The molecule has 1 fully saturated rings. The SMILES string of the molecule is CC(=O)OC1CC(C)[C@@H]2c3cccc4[nH]cc(c34)C[C@H]2N1C. The molecule has 2 unspecified atom stereocenters. The minimum atomic E-state index is -0.192. The molecule has 2 heterocycles. The van der Waals surface area contributed by atoms with E-state index >= 15 is 0 Å². The number of aromatic amines is 1. The van der Waals surface area contributed by atoms with Crippen molar-refractivity contribution < 1.29 is 9.53 Å². The van der Waals surface area contributed by atoms with Crippen molar-refractivity contribution >= 4 is 16.9 Å². The van der Waals surface area contributed by atoms with E-state index in [-0.39, 0.29) is 12.2 Å². The third-order valence-corrected chi connectivity index (χ3v) is 5.49. The van der Waals surface area contributed by atoms with Gasteiger partial charge in [0, 0.05) is 42.4 Å². The van der Waals surface area contributed by atoms with Gasteiger partial charge in [0.05, 0.1) is 0 Å². The molecule has 2 aromatic rings. The lowest BCUT2D eigenvalue weighted by Crippen LogP contribution is -2.54. The maximum absolute atomic E-state index is 11.4. The number of H-pyrrole nitrogens is 1. The molecule has 0 radical (unpaired) electrons. The molecule has 4 heteroatoms. The molecule has 0 saturated carbocycles. The molecule has 1 N–H and O–H groups in total. The summed E-state index contributed by atoms with van der Waals surface area (Å²) in [5, 5.41) is 1.41. The highest BCUT2D eigenvalue weighted by Crippen LogP contribution is 2.47. The second kappa shape index (κ2) is 4.85. The average Bonchev–Trinajstić information content (AvgIpc) is 2.88. The van der Waals surface area contributed by atoms with Crippen molar-refractivity contribution in [3.63, 3.8) is 0 Å². The van der Waals surface area contributed by atoms with Gasteiger partial charge in [0.25, 0.3) is 0 Å². The van der Waals surface area contributed by atoms with Gasteiger partial charge in [-0.3, -0.25) is 9.69 Å². The Morgan fingerprint density at radius 1 is 1.41 bits per heavy atom. The van der Waals surface area contributed by atoms with E-state index in [0.29, 0.717) is 17.9 Å². The summed E-state index contributed by atoms with van der Waals surface area (Å²) in [6, 6.07) is 6.96. The number of piperidine rings is 1. The molecule has 22 heavy (non-hydrogen) atoms. The summed E-state index contributed by atoms with van der Waals surface area (Å²) in [5.74, 6) is 0.811. The van der Waals surface area contributed by atoms with E-state index in [0.717, 1.165) is 12.8 Å². The lowest BCUT2D eigenvalue weighted by Gasteiger charge is -2.49. The van der Waals surface area contributed by atoms with Crippen molar-refractivity contribution in [3.8, 4) is 0 Å². The summed E-state index contributed by atoms with van der Waals surface area (Å²) < 4.78 is 5.54. The predicted octanol–water partition coefficient (Wildman–Crippen LogP) is 3.04. The fourth-order valence-electron chi connectivity index (χ4n) is 4.53. The van der Waals surface area contributed by atoms with Gasteiger partial charge in [-0.05, 0) is 36.6 Å². The number of carbonyl (C=O) groups is 1.